The third kappa shape index (κ3) is 23.4. The van der Waals surface area contributed by atoms with Gasteiger partial charge < -0.3 is 35.6 Å². The first-order valence-electron chi connectivity index (χ1n) is 13.2. The average Bonchev–Trinajstić information content (AvgIpc) is 2.84. The van der Waals surface area contributed by atoms with Gasteiger partial charge in [0, 0.05) is 32.4 Å². The third-order valence-corrected chi connectivity index (χ3v) is 5.39. The first-order valence-corrected chi connectivity index (χ1v) is 13.2. The summed E-state index contributed by atoms with van der Waals surface area (Å²) in [5.41, 5.74) is 0. The van der Waals surface area contributed by atoms with Crippen LogP contribution in [0, 0.1) is 0 Å². The lowest BCUT2D eigenvalue weighted by Crippen LogP contribution is -2.41. The zero-order valence-corrected chi connectivity index (χ0v) is 22.1. The molecule has 0 bridgehead atoms. The predicted molar refractivity (Wildman–Crippen MR) is 136 cm³/mol. The van der Waals surface area contributed by atoms with E-state index in [0.29, 0.717) is 19.4 Å². The van der Waals surface area contributed by atoms with Crippen LogP contribution in [0.15, 0.2) is 0 Å². The van der Waals surface area contributed by atoms with Crippen LogP contribution in [-0.2, 0) is 33.4 Å². The minimum atomic E-state index is -1.18. The van der Waals surface area contributed by atoms with Crippen molar-refractivity contribution in [1.29, 1.82) is 0 Å². The number of amides is 3. The molecule has 214 valence electrons. The number of hydrogen-bond acceptors (Lipinski definition) is 7. The largest absolute Gasteiger partial charge is 0.481 e. The number of carbonyl (C=O) groups excluding carboxylic acids is 3. The van der Waals surface area contributed by atoms with E-state index in [0.717, 1.165) is 38.5 Å². The Bertz CT molecular complexity index is 674. The van der Waals surface area contributed by atoms with Crippen LogP contribution in [0.4, 0.5) is 0 Å². The molecule has 0 saturated heterocycles. The van der Waals surface area contributed by atoms with Gasteiger partial charge >= 0.3 is 11.9 Å². The van der Waals surface area contributed by atoms with Gasteiger partial charge in [0.15, 0.2) is 0 Å². The molecule has 0 fully saturated rings. The molecular formula is C25H45N3O9. The molecule has 12 heteroatoms. The van der Waals surface area contributed by atoms with Crippen molar-refractivity contribution in [2.75, 3.05) is 39.5 Å². The van der Waals surface area contributed by atoms with Crippen LogP contribution in [-0.4, -0.2) is 85.4 Å². The van der Waals surface area contributed by atoms with Crippen molar-refractivity contribution in [3.8, 4) is 0 Å². The molecular weight excluding hydrogens is 486 g/mol. The molecule has 0 aliphatic rings. The van der Waals surface area contributed by atoms with Crippen molar-refractivity contribution in [3.05, 3.63) is 0 Å². The molecule has 0 spiro atoms. The second kappa shape index (κ2) is 23.7. The lowest BCUT2D eigenvalue weighted by atomic mass is 10.1. The number of nitrogens with one attached hydrogen (secondary N) is 3. The SMILES string of the molecule is CCNC(=O)COCCOCCNC(=O)CC[C@H](NC(=O)CCCCCCCCCCC(=O)O)C(=O)O. The lowest BCUT2D eigenvalue weighted by Gasteiger charge is -2.14. The molecule has 0 aromatic heterocycles. The molecule has 1 atom stereocenters. The minimum absolute atomic E-state index is 0.0106. The third-order valence-electron chi connectivity index (χ3n) is 5.39. The van der Waals surface area contributed by atoms with Crippen molar-refractivity contribution >= 4 is 29.7 Å². The second-order valence-corrected chi connectivity index (χ2v) is 8.69. The zero-order valence-electron chi connectivity index (χ0n) is 22.1. The number of unbranched alkanes of at least 4 members (excludes halogenated alkanes) is 7. The standard InChI is InChI=1S/C25H45N3O9/c1-2-26-23(31)19-37-18-17-36-16-15-27-21(29)14-13-20(25(34)35)28-22(30)11-9-7-5-3-4-6-8-10-12-24(32)33/h20H,2-19H2,1H3,(H,26,31)(H,27,29)(H,28,30)(H,32,33)(H,34,35)/t20-/m0/s1. The Labute approximate surface area is 219 Å². The van der Waals surface area contributed by atoms with Crippen LogP contribution >= 0.6 is 0 Å². The summed E-state index contributed by atoms with van der Waals surface area (Å²) in [6, 6.07) is -1.12. The number of carboxylic acids is 2. The van der Waals surface area contributed by atoms with Crippen LogP contribution < -0.4 is 16.0 Å². The summed E-state index contributed by atoms with van der Waals surface area (Å²) in [6.45, 7) is 3.35. The summed E-state index contributed by atoms with van der Waals surface area (Å²) < 4.78 is 10.4. The highest BCUT2D eigenvalue weighted by Gasteiger charge is 2.20. The van der Waals surface area contributed by atoms with E-state index in [-0.39, 0.29) is 76.4 Å². The fourth-order valence-electron chi connectivity index (χ4n) is 3.41. The Balaban J connectivity index is 3.79. The number of carbonyl (C=O) groups is 5. The van der Waals surface area contributed by atoms with Crippen molar-refractivity contribution in [3.63, 3.8) is 0 Å². The summed E-state index contributed by atoms with van der Waals surface area (Å²) in [5, 5.41) is 25.6. The molecule has 0 radical (unpaired) electrons. The number of aliphatic carboxylic acids is 2. The monoisotopic (exact) mass is 531 g/mol. The van der Waals surface area contributed by atoms with E-state index >= 15 is 0 Å². The highest BCUT2D eigenvalue weighted by atomic mass is 16.5. The molecule has 37 heavy (non-hydrogen) atoms. The summed E-state index contributed by atoms with van der Waals surface area (Å²) in [4.78, 5) is 57.1. The maximum atomic E-state index is 12.1. The normalized spacial score (nSPS) is 11.5. The Hall–Kier alpha value is -2.73. The molecule has 0 saturated carbocycles. The Morgan fingerprint density at radius 2 is 1.27 bits per heavy atom. The molecule has 0 rings (SSSR count). The molecule has 5 N–H and O–H groups in total. The van der Waals surface area contributed by atoms with Gasteiger partial charge in [-0.25, -0.2) is 4.79 Å². The Morgan fingerprint density at radius 3 is 1.86 bits per heavy atom. The van der Waals surface area contributed by atoms with Crippen molar-refractivity contribution in [2.45, 2.75) is 90.0 Å². The number of hydrogen-bond donors (Lipinski definition) is 5. The van der Waals surface area contributed by atoms with Gasteiger partial charge in [-0.2, -0.15) is 0 Å². The quantitative estimate of drug-likeness (QED) is 0.109. The zero-order chi connectivity index (χ0) is 27.7. The maximum Gasteiger partial charge on any atom is 0.326 e. The van der Waals surface area contributed by atoms with Gasteiger partial charge in [-0.15, -0.1) is 0 Å². The number of likely N-dealkylation sites (N-methyl/N-ethyl adjacent to an activating group) is 1. The molecule has 12 nitrogen and oxygen atoms in total. The Kier molecular flexibility index (Phi) is 21.9. The average molecular weight is 532 g/mol. The summed E-state index contributed by atoms with van der Waals surface area (Å²) >= 11 is 0. The van der Waals surface area contributed by atoms with Crippen molar-refractivity contribution in [1.82, 2.24) is 16.0 Å². The van der Waals surface area contributed by atoms with Crippen LogP contribution in [0.25, 0.3) is 0 Å². The van der Waals surface area contributed by atoms with E-state index < -0.39 is 18.0 Å². The van der Waals surface area contributed by atoms with Crippen molar-refractivity contribution in [2.24, 2.45) is 0 Å². The fourth-order valence-corrected chi connectivity index (χ4v) is 3.41. The molecule has 0 aromatic carbocycles. The van der Waals surface area contributed by atoms with E-state index in [9.17, 15) is 29.1 Å². The highest BCUT2D eigenvalue weighted by Crippen LogP contribution is 2.11. The predicted octanol–water partition coefficient (Wildman–Crippen LogP) is 1.61. The molecule has 0 heterocycles. The van der Waals surface area contributed by atoms with E-state index in [1.807, 2.05) is 6.92 Å². The van der Waals surface area contributed by atoms with Gasteiger partial charge in [-0.3, -0.25) is 19.2 Å². The van der Waals surface area contributed by atoms with Crippen LogP contribution in [0.5, 0.6) is 0 Å². The van der Waals surface area contributed by atoms with Crippen LogP contribution in [0.1, 0.15) is 84.0 Å². The van der Waals surface area contributed by atoms with Gasteiger partial charge in [-0.1, -0.05) is 38.5 Å². The lowest BCUT2D eigenvalue weighted by molar-refractivity contribution is -0.142. The van der Waals surface area contributed by atoms with E-state index in [1.165, 1.54) is 0 Å². The minimum Gasteiger partial charge on any atom is -0.481 e. The van der Waals surface area contributed by atoms with Gasteiger partial charge in [-0.05, 0) is 26.2 Å². The second-order valence-electron chi connectivity index (χ2n) is 8.69. The first kappa shape index (κ1) is 34.3. The van der Waals surface area contributed by atoms with Crippen LogP contribution in [0.3, 0.4) is 0 Å². The smallest absolute Gasteiger partial charge is 0.326 e. The maximum absolute atomic E-state index is 12.1. The Morgan fingerprint density at radius 1 is 0.676 bits per heavy atom. The summed E-state index contributed by atoms with van der Waals surface area (Å²) in [7, 11) is 0. The first-order chi connectivity index (χ1) is 17.8. The molecule has 3 amide bonds. The molecule has 0 aliphatic heterocycles. The van der Waals surface area contributed by atoms with Gasteiger partial charge in [0.1, 0.15) is 12.6 Å². The number of carboxylic acid groups (broad SMARTS) is 2. The topological polar surface area (TPSA) is 180 Å². The van der Waals surface area contributed by atoms with Gasteiger partial charge in [0.25, 0.3) is 0 Å². The number of ether oxygens (including phenoxy) is 2. The highest BCUT2D eigenvalue weighted by molar-refractivity contribution is 5.84. The molecule has 0 aromatic rings. The van der Waals surface area contributed by atoms with Gasteiger partial charge in [0.05, 0.1) is 19.8 Å². The summed E-state index contributed by atoms with van der Waals surface area (Å²) in [6.07, 6.45) is 7.58. The van der Waals surface area contributed by atoms with E-state index in [4.69, 9.17) is 14.6 Å². The summed E-state index contributed by atoms with van der Waals surface area (Å²) in [5.74, 6) is -2.81. The fraction of sp³-hybridized carbons (Fsp3) is 0.800. The van der Waals surface area contributed by atoms with Gasteiger partial charge in [0.2, 0.25) is 17.7 Å². The van der Waals surface area contributed by atoms with Crippen molar-refractivity contribution < 1.29 is 43.7 Å². The van der Waals surface area contributed by atoms with E-state index in [2.05, 4.69) is 16.0 Å². The molecule has 0 aliphatic carbocycles. The van der Waals surface area contributed by atoms with E-state index in [1.54, 1.807) is 0 Å². The molecule has 0 unspecified atom stereocenters. The number of rotatable bonds is 25. The van der Waals surface area contributed by atoms with Crippen LogP contribution in [0.2, 0.25) is 0 Å².